The van der Waals surface area contributed by atoms with E-state index in [1.165, 1.54) is 37.7 Å². The molecule has 0 N–H and O–H groups in total. The summed E-state index contributed by atoms with van der Waals surface area (Å²) < 4.78 is 0. The van der Waals surface area contributed by atoms with Crippen LogP contribution in [0.3, 0.4) is 0 Å². The van der Waals surface area contributed by atoms with Crippen LogP contribution in [0.15, 0.2) is 71.0 Å². The molecule has 0 bridgehead atoms. The van der Waals surface area contributed by atoms with Gasteiger partial charge in [-0.25, -0.2) is 0 Å². The molecular weight excluding hydrogens is 330 g/mol. The van der Waals surface area contributed by atoms with Crippen LogP contribution in [0.1, 0.15) is 49.3 Å². The molecule has 4 heteroatoms. The third-order valence-corrected chi connectivity index (χ3v) is 5.34. The fourth-order valence-corrected chi connectivity index (χ4v) is 3.86. The van der Waals surface area contributed by atoms with Crippen molar-refractivity contribution in [3.63, 3.8) is 0 Å². The Hall–Kier alpha value is -2.13. The summed E-state index contributed by atoms with van der Waals surface area (Å²) in [5, 5.41) is 12.1. The minimum absolute atomic E-state index is 0.132. The number of hydrogen-bond donors (Lipinski definition) is 0. The maximum Gasteiger partial charge on any atom is 0.0945 e. The second-order valence-electron chi connectivity index (χ2n) is 6.78. The molecule has 0 saturated heterocycles. The van der Waals surface area contributed by atoms with Crippen LogP contribution in [-0.4, -0.2) is 11.1 Å². The number of rotatable bonds is 3. The second-order valence-corrected chi connectivity index (χ2v) is 7.21. The van der Waals surface area contributed by atoms with Crippen LogP contribution in [0.25, 0.3) is 5.70 Å². The van der Waals surface area contributed by atoms with Gasteiger partial charge in [0.1, 0.15) is 0 Å². The highest BCUT2D eigenvalue weighted by Gasteiger charge is 2.29. The Kier molecular flexibility index (Phi) is 4.84. The molecule has 1 aliphatic heterocycles. The summed E-state index contributed by atoms with van der Waals surface area (Å²) in [7, 11) is 0. The molecular formula is C21H22ClN3. The molecule has 0 amide bonds. The summed E-state index contributed by atoms with van der Waals surface area (Å²) in [4.78, 5) is 0. The topological polar surface area (TPSA) is 28.0 Å². The van der Waals surface area contributed by atoms with Crippen LogP contribution in [0.2, 0.25) is 5.02 Å². The van der Waals surface area contributed by atoms with Gasteiger partial charge >= 0.3 is 0 Å². The van der Waals surface area contributed by atoms with Gasteiger partial charge in [0.15, 0.2) is 0 Å². The van der Waals surface area contributed by atoms with Gasteiger partial charge in [0.25, 0.3) is 0 Å². The largest absolute Gasteiger partial charge is 0.264 e. The van der Waals surface area contributed by atoms with E-state index in [4.69, 9.17) is 11.6 Å². The van der Waals surface area contributed by atoms with Crippen molar-refractivity contribution >= 4 is 17.3 Å². The van der Waals surface area contributed by atoms with Crippen molar-refractivity contribution < 1.29 is 0 Å². The van der Waals surface area contributed by atoms with Crippen molar-refractivity contribution in [2.75, 3.05) is 0 Å². The van der Waals surface area contributed by atoms with E-state index >= 15 is 0 Å². The molecule has 1 atom stereocenters. The van der Waals surface area contributed by atoms with Crippen LogP contribution in [0, 0.1) is 0 Å². The highest BCUT2D eigenvalue weighted by molar-refractivity contribution is 6.30. The Labute approximate surface area is 154 Å². The average Bonchev–Trinajstić information content (AvgIpc) is 2.69. The van der Waals surface area contributed by atoms with E-state index < -0.39 is 0 Å². The van der Waals surface area contributed by atoms with Gasteiger partial charge in [-0.2, -0.15) is 0 Å². The Bertz CT molecular complexity index is 761. The lowest BCUT2D eigenvalue weighted by Crippen LogP contribution is -2.36. The third-order valence-electron chi connectivity index (χ3n) is 5.09. The molecule has 0 radical (unpaired) electrons. The fraction of sp³-hybridized carbons (Fsp3) is 0.333. The molecule has 0 aromatic heterocycles. The predicted octanol–water partition coefficient (Wildman–Crippen LogP) is 6.44. The number of halogens is 1. The first kappa shape index (κ1) is 16.3. The van der Waals surface area contributed by atoms with Crippen LogP contribution < -0.4 is 0 Å². The SMILES string of the molecule is Clc1ccc(C2=CC(c3ccccc3)N(C3CCCCC3)N=N2)cc1. The van der Waals surface area contributed by atoms with Gasteiger partial charge in [-0.15, -0.1) is 5.11 Å². The molecule has 0 spiro atoms. The summed E-state index contributed by atoms with van der Waals surface area (Å²) >= 11 is 6.02. The van der Waals surface area contributed by atoms with Gasteiger partial charge in [0.05, 0.1) is 11.7 Å². The molecule has 128 valence electrons. The lowest BCUT2D eigenvalue weighted by molar-refractivity contribution is 0.116. The van der Waals surface area contributed by atoms with Gasteiger partial charge in [-0.3, -0.25) is 5.01 Å². The lowest BCUT2D eigenvalue weighted by atomic mass is 9.92. The van der Waals surface area contributed by atoms with Crippen molar-refractivity contribution in [3.05, 3.63) is 76.8 Å². The highest BCUT2D eigenvalue weighted by Crippen LogP contribution is 2.37. The quantitative estimate of drug-likeness (QED) is 0.625. The van der Waals surface area contributed by atoms with Gasteiger partial charge in [-0.1, -0.05) is 78.6 Å². The smallest absolute Gasteiger partial charge is 0.0945 e. The van der Waals surface area contributed by atoms with E-state index in [1.807, 2.05) is 24.3 Å². The lowest BCUT2D eigenvalue weighted by Gasteiger charge is -2.37. The zero-order valence-corrected chi connectivity index (χ0v) is 14.9. The molecule has 4 rings (SSSR count). The standard InChI is InChI=1S/C21H22ClN3/c22-18-13-11-16(12-14-18)20-15-21(17-7-3-1-4-8-17)25(24-23-20)19-9-5-2-6-10-19/h1,3-4,7-8,11-15,19,21H,2,5-6,9-10H2. The summed E-state index contributed by atoms with van der Waals surface area (Å²) in [6.45, 7) is 0. The zero-order chi connectivity index (χ0) is 17.1. The molecule has 1 aliphatic carbocycles. The first-order valence-corrected chi connectivity index (χ1v) is 9.42. The highest BCUT2D eigenvalue weighted by atomic mass is 35.5. The van der Waals surface area contributed by atoms with Crippen LogP contribution in [0.5, 0.6) is 0 Å². The van der Waals surface area contributed by atoms with E-state index in [-0.39, 0.29) is 6.04 Å². The second kappa shape index (κ2) is 7.40. The van der Waals surface area contributed by atoms with Crippen molar-refractivity contribution in [2.24, 2.45) is 10.3 Å². The normalized spacial score (nSPS) is 21.2. The molecule has 3 nitrogen and oxygen atoms in total. The monoisotopic (exact) mass is 351 g/mol. The summed E-state index contributed by atoms with van der Waals surface area (Å²) in [6, 6.07) is 19.0. The molecule has 2 aromatic rings. The number of benzene rings is 2. The van der Waals surface area contributed by atoms with E-state index in [0.29, 0.717) is 6.04 Å². The minimum Gasteiger partial charge on any atom is -0.264 e. The molecule has 1 unspecified atom stereocenters. The van der Waals surface area contributed by atoms with Crippen molar-refractivity contribution in [1.29, 1.82) is 0 Å². The molecule has 1 fully saturated rings. The molecule has 2 aromatic carbocycles. The fourth-order valence-electron chi connectivity index (χ4n) is 3.73. The molecule has 25 heavy (non-hydrogen) atoms. The zero-order valence-electron chi connectivity index (χ0n) is 14.2. The van der Waals surface area contributed by atoms with Crippen LogP contribution in [-0.2, 0) is 0 Å². The molecule has 1 heterocycles. The number of nitrogens with zero attached hydrogens (tertiary/aromatic N) is 3. The Morgan fingerprint density at radius 1 is 0.880 bits per heavy atom. The number of hydrogen-bond acceptors (Lipinski definition) is 3. The molecule has 2 aliphatic rings. The summed E-state index contributed by atoms with van der Waals surface area (Å²) in [5.74, 6) is 0. The minimum atomic E-state index is 0.132. The van der Waals surface area contributed by atoms with Gasteiger partial charge in [-0.05, 0) is 36.6 Å². The first-order chi connectivity index (χ1) is 12.3. The van der Waals surface area contributed by atoms with E-state index in [2.05, 4.69) is 51.8 Å². The maximum atomic E-state index is 6.02. The Morgan fingerprint density at radius 2 is 1.60 bits per heavy atom. The van der Waals surface area contributed by atoms with Crippen LogP contribution >= 0.6 is 11.6 Å². The Balaban J connectivity index is 1.68. The van der Waals surface area contributed by atoms with Crippen molar-refractivity contribution in [3.8, 4) is 0 Å². The average molecular weight is 352 g/mol. The summed E-state index contributed by atoms with van der Waals surface area (Å²) in [5.41, 5.74) is 3.23. The maximum absolute atomic E-state index is 6.02. The summed E-state index contributed by atoms with van der Waals surface area (Å²) in [6.07, 6.45) is 8.54. The van der Waals surface area contributed by atoms with Crippen molar-refractivity contribution in [1.82, 2.24) is 5.01 Å². The van der Waals surface area contributed by atoms with Gasteiger partial charge < -0.3 is 0 Å². The van der Waals surface area contributed by atoms with E-state index in [9.17, 15) is 0 Å². The van der Waals surface area contributed by atoms with Gasteiger partial charge in [0, 0.05) is 16.6 Å². The van der Waals surface area contributed by atoms with E-state index in [1.54, 1.807) is 0 Å². The Morgan fingerprint density at radius 3 is 2.32 bits per heavy atom. The third kappa shape index (κ3) is 3.62. The van der Waals surface area contributed by atoms with E-state index in [0.717, 1.165) is 16.3 Å². The first-order valence-electron chi connectivity index (χ1n) is 9.04. The van der Waals surface area contributed by atoms with Gasteiger partial charge in [0.2, 0.25) is 0 Å². The van der Waals surface area contributed by atoms with Crippen molar-refractivity contribution in [2.45, 2.75) is 44.2 Å². The predicted molar refractivity (Wildman–Crippen MR) is 102 cm³/mol. The van der Waals surface area contributed by atoms with Crippen LogP contribution in [0.4, 0.5) is 0 Å². The molecule has 1 saturated carbocycles.